The lowest BCUT2D eigenvalue weighted by atomic mass is 9.53. The van der Waals surface area contributed by atoms with E-state index in [1.807, 2.05) is 38.1 Å². The van der Waals surface area contributed by atoms with Crippen molar-refractivity contribution in [3.8, 4) is 0 Å². The Morgan fingerprint density at radius 1 is 0.970 bits per heavy atom. The van der Waals surface area contributed by atoms with Gasteiger partial charge in [0.1, 0.15) is 6.54 Å². The summed E-state index contributed by atoms with van der Waals surface area (Å²) in [4.78, 5) is 13.6. The summed E-state index contributed by atoms with van der Waals surface area (Å²) in [7, 11) is -3.89. The number of aryl methyl sites for hydroxylation is 2. The summed E-state index contributed by atoms with van der Waals surface area (Å²) in [6.45, 7) is 3.74. The molecular weight excluding hydrogens is 432 g/mol. The number of hydrogen-bond acceptors (Lipinski definition) is 3. The molecule has 33 heavy (non-hydrogen) atoms. The molecule has 176 valence electrons. The van der Waals surface area contributed by atoms with E-state index in [1.165, 1.54) is 23.6 Å². The molecule has 0 unspecified atom stereocenters. The number of carbonyl (C=O) groups excluding carboxylic acids is 1. The van der Waals surface area contributed by atoms with Gasteiger partial charge in [0.25, 0.3) is 10.0 Å². The number of anilines is 1. The highest BCUT2D eigenvalue weighted by molar-refractivity contribution is 7.92. The Bertz CT molecular complexity index is 1100. The van der Waals surface area contributed by atoms with Crippen LogP contribution in [0.2, 0.25) is 0 Å². The van der Waals surface area contributed by atoms with Crippen molar-refractivity contribution in [3.63, 3.8) is 0 Å². The van der Waals surface area contributed by atoms with E-state index in [4.69, 9.17) is 0 Å². The molecule has 4 fully saturated rings. The van der Waals surface area contributed by atoms with Gasteiger partial charge in [-0.05, 0) is 93.4 Å². The summed E-state index contributed by atoms with van der Waals surface area (Å²) in [5, 5.41) is 3.35. The number of benzene rings is 2. The normalized spacial score (nSPS) is 28.0. The minimum atomic E-state index is -3.89. The van der Waals surface area contributed by atoms with Crippen LogP contribution < -0.4 is 9.62 Å². The predicted octanol–water partition coefficient (Wildman–Crippen LogP) is 4.84. The molecule has 6 rings (SSSR count). The largest absolute Gasteiger partial charge is 0.349 e. The lowest BCUT2D eigenvalue weighted by Crippen LogP contribution is -2.61. The van der Waals surface area contributed by atoms with Gasteiger partial charge in [-0.3, -0.25) is 9.10 Å². The molecule has 4 aliphatic rings. The van der Waals surface area contributed by atoms with Crippen molar-refractivity contribution in [1.82, 2.24) is 5.32 Å². The van der Waals surface area contributed by atoms with Gasteiger partial charge in [-0.25, -0.2) is 8.42 Å². The second-order valence-corrected chi connectivity index (χ2v) is 12.4. The van der Waals surface area contributed by atoms with E-state index < -0.39 is 10.0 Å². The van der Waals surface area contributed by atoms with Gasteiger partial charge in [0.15, 0.2) is 0 Å². The van der Waals surface area contributed by atoms with Crippen LogP contribution in [0.1, 0.15) is 56.6 Å². The zero-order chi connectivity index (χ0) is 23.2. The first-order chi connectivity index (χ1) is 15.8. The third-order valence-corrected chi connectivity index (χ3v) is 9.75. The fourth-order valence-electron chi connectivity index (χ4n) is 6.92. The van der Waals surface area contributed by atoms with Crippen molar-refractivity contribution < 1.29 is 13.2 Å². The third-order valence-electron chi connectivity index (χ3n) is 7.98. The van der Waals surface area contributed by atoms with E-state index in [0.29, 0.717) is 29.9 Å². The molecule has 1 N–H and O–H groups in total. The van der Waals surface area contributed by atoms with E-state index >= 15 is 0 Å². The molecule has 0 aromatic heterocycles. The van der Waals surface area contributed by atoms with Crippen LogP contribution in [0.5, 0.6) is 0 Å². The third kappa shape index (κ3) is 4.30. The first kappa shape index (κ1) is 22.5. The summed E-state index contributed by atoms with van der Waals surface area (Å²) >= 11 is 0. The Hall–Kier alpha value is -2.34. The van der Waals surface area contributed by atoms with Crippen LogP contribution in [0, 0.1) is 24.7 Å². The average molecular weight is 467 g/mol. The van der Waals surface area contributed by atoms with Gasteiger partial charge in [0.05, 0.1) is 10.6 Å². The number of nitrogens with one attached hydrogen (secondary N) is 1. The Balaban J connectivity index is 1.45. The summed E-state index contributed by atoms with van der Waals surface area (Å²) in [6.07, 6.45) is 7.71. The second kappa shape index (κ2) is 8.46. The van der Waals surface area contributed by atoms with Gasteiger partial charge in [-0.1, -0.05) is 42.8 Å². The molecule has 5 nitrogen and oxygen atoms in total. The SMILES string of the molecule is CCc1ccccc1N(CC(=O)NC12CC3CC(CC(C3)C1)C2)S(=O)(=O)c1ccc(C)cc1. The summed E-state index contributed by atoms with van der Waals surface area (Å²) in [5.41, 5.74) is 2.35. The van der Waals surface area contributed by atoms with Crippen LogP contribution in [-0.2, 0) is 21.2 Å². The molecule has 0 aliphatic heterocycles. The minimum Gasteiger partial charge on any atom is -0.349 e. The fourth-order valence-corrected chi connectivity index (χ4v) is 8.38. The number of amides is 1. The molecule has 0 atom stereocenters. The highest BCUT2D eigenvalue weighted by Crippen LogP contribution is 2.55. The lowest BCUT2D eigenvalue weighted by Gasteiger charge is -2.57. The number of nitrogens with zero attached hydrogens (tertiary/aromatic N) is 1. The van der Waals surface area contributed by atoms with Crippen molar-refractivity contribution in [3.05, 3.63) is 59.7 Å². The van der Waals surface area contributed by atoms with Crippen LogP contribution in [-0.4, -0.2) is 26.4 Å². The molecule has 4 saturated carbocycles. The van der Waals surface area contributed by atoms with Crippen molar-refractivity contribution in [2.75, 3.05) is 10.8 Å². The molecule has 2 aromatic rings. The highest BCUT2D eigenvalue weighted by atomic mass is 32.2. The van der Waals surface area contributed by atoms with Crippen molar-refractivity contribution in [2.45, 2.75) is 69.2 Å². The van der Waals surface area contributed by atoms with E-state index in [9.17, 15) is 13.2 Å². The molecule has 2 aromatic carbocycles. The van der Waals surface area contributed by atoms with E-state index in [1.54, 1.807) is 24.3 Å². The zero-order valence-corrected chi connectivity index (χ0v) is 20.4. The maximum atomic E-state index is 13.8. The minimum absolute atomic E-state index is 0.143. The van der Waals surface area contributed by atoms with E-state index in [2.05, 4.69) is 5.32 Å². The highest BCUT2D eigenvalue weighted by Gasteiger charge is 2.51. The number of para-hydroxylation sites is 1. The molecule has 0 saturated heterocycles. The maximum Gasteiger partial charge on any atom is 0.264 e. The Morgan fingerprint density at radius 2 is 1.55 bits per heavy atom. The summed E-state index contributed by atoms with van der Waals surface area (Å²) in [5.74, 6) is 1.94. The van der Waals surface area contributed by atoms with Crippen LogP contribution >= 0.6 is 0 Å². The second-order valence-electron chi connectivity index (χ2n) is 10.6. The Labute approximate surface area is 197 Å². The van der Waals surface area contributed by atoms with Crippen LogP contribution in [0.25, 0.3) is 0 Å². The maximum absolute atomic E-state index is 13.8. The lowest BCUT2D eigenvalue weighted by molar-refractivity contribution is -0.125. The first-order valence-electron chi connectivity index (χ1n) is 12.3. The molecule has 1 amide bonds. The number of hydrogen-bond donors (Lipinski definition) is 1. The number of rotatable bonds is 7. The van der Waals surface area contributed by atoms with Gasteiger partial charge in [0.2, 0.25) is 5.91 Å². The standard InChI is InChI=1S/C27H34N2O3S/c1-3-23-6-4-5-7-25(23)29(33(31,32)24-10-8-19(2)9-11-24)18-26(30)28-27-15-20-12-21(16-27)14-22(13-20)17-27/h4-11,20-22H,3,12-18H2,1-2H3,(H,28,30). The van der Waals surface area contributed by atoms with Crippen LogP contribution in [0.4, 0.5) is 5.69 Å². The van der Waals surface area contributed by atoms with Gasteiger partial charge in [-0.2, -0.15) is 0 Å². The molecular formula is C27H34N2O3S. The van der Waals surface area contributed by atoms with E-state index in [-0.39, 0.29) is 22.9 Å². The Kier molecular flexibility index (Phi) is 5.76. The van der Waals surface area contributed by atoms with E-state index in [0.717, 1.165) is 30.4 Å². The van der Waals surface area contributed by atoms with Crippen molar-refractivity contribution >= 4 is 21.6 Å². The number of sulfonamides is 1. The first-order valence-corrected chi connectivity index (χ1v) is 13.7. The van der Waals surface area contributed by atoms with Crippen molar-refractivity contribution in [2.24, 2.45) is 17.8 Å². The number of carbonyl (C=O) groups is 1. The van der Waals surface area contributed by atoms with Gasteiger partial charge in [-0.15, -0.1) is 0 Å². The van der Waals surface area contributed by atoms with Crippen molar-refractivity contribution in [1.29, 1.82) is 0 Å². The average Bonchev–Trinajstić information content (AvgIpc) is 2.76. The molecule has 0 heterocycles. The molecule has 4 bridgehead atoms. The van der Waals surface area contributed by atoms with Crippen LogP contribution in [0.3, 0.4) is 0 Å². The summed E-state index contributed by atoms with van der Waals surface area (Å²) < 4.78 is 28.8. The smallest absolute Gasteiger partial charge is 0.264 e. The Morgan fingerprint density at radius 3 is 2.12 bits per heavy atom. The molecule has 0 radical (unpaired) electrons. The molecule has 6 heteroatoms. The predicted molar refractivity (Wildman–Crippen MR) is 131 cm³/mol. The fraction of sp³-hybridized carbons (Fsp3) is 0.519. The van der Waals surface area contributed by atoms with Crippen LogP contribution in [0.15, 0.2) is 53.4 Å². The zero-order valence-electron chi connectivity index (χ0n) is 19.6. The monoisotopic (exact) mass is 466 g/mol. The van der Waals surface area contributed by atoms with Gasteiger partial charge >= 0.3 is 0 Å². The summed E-state index contributed by atoms with van der Waals surface area (Å²) in [6, 6.07) is 14.3. The quantitative estimate of drug-likeness (QED) is 0.635. The topological polar surface area (TPSA) is 66.5 Å². The van der Waals surface area contributed by atoms with Gasteiger partial charge < -0.3 is 5.32 Å². The van der Waals surface area contributed by atoms with Gasteiger partial charge in [0, 0.05) is 5.54 Å². The molecule has 4 aliphatic carbocycles. The molecule has 0 spiro atoms.